The minimum absolute atomic E-state index is 0.106. The van der Waals surface area contributed by atoms with Gasteiger partial charge in [-0.05, 0) is 48.8 Å². The van der Waals surface area contributed by atoms with E-state index in [-0.39, 0.29) is 23.8 Å². The second-order valence-corrected chi connectivity index (χ2v) is 12.4. The number of benzene rings is 1. The van der Waals surface area contributed by atoms with Gasteiger partial charge in [0.25, 0.3) is 0 Å². The third-order valence-corrected chi connectivity index (χ3v) is 9.46. The van der Waals surface area contributed by atoms with E-state index >= 15 is 0 Å². The average Bonchev–Trinajstić information content (AvgIpc) is 3.55. The molecule has 1 aromatic carbocycles. The minimum atomic E-state index is -1.10. The molecule has 2 bridgehead atoms. The summed E-state index contributed by atoms with van der Waals surface area (Å²) in [6, 6.07) is 7.20. The zero-order chi connectivity index (χ0) is 27.7. The highest BCUT2D eigenvalue weighted by atomic mass is 16.5. The largest absolute Gasteiger partial charge is 0.359 e. The van der Waals surface area contributed by atoms with E-state index in [1.165, 1.54) is 12.0 Å². The number of ether oxygens (including phenoxy) is 1. The summed E-state index contributed by atoms with van der Waals surface area (Å²) in [4.78, 5) is 43.4. The smallest absolute Gasteiger partial charge is 0.246 e. The van der Waals surface area contributed by atoms with Gasteiger partial charge in [0.2, 0.25) is 17.7 Å². The molecule has 5 rings (SSSR count). The molecular weight excluding hydrogens is 490 g/mol. The fourth-order valence-electron chi connectivity index (χ4n) is 7.19. The van der Waals surface area contributed by atoms with E-state index in [1.54, 1.807) is 4.90 Å². The minimum Gasteiger partial charge on any atom is -0.359 e. The first-order valence-electron chi connectivity index (χ1n) is 15.2. The van der Waals surface area contributed by atoms with Crippen molar-refractivity contribution in [3.63, 3.8) is 0 Å². The molecule has 3 aliphatic heterocycles. The van der Waals surface area contributed by atoms with E-state index in [4.69, 9.17) is 4.74 Å². The Hall–Kier alpha value is -2.67. The van der Waals surface area contributed by atoms with Crippen molar-refractivity contribution in [1.82, 2.24) is 10.2 Å². The molecule has 3 amide bonds. The number of hydrogen-bond donors (Lipinski definition) is 2. The number of nitrogens with zero attached hydrogens (tertiary/aromatic N) is 1. The fraction of sp³-hybridized carbons (Fsp3) is 0.656. The van der Waals surface area contributed by atoms with Gasteiger partial charge in [-0.3, -0.25) is 14.4 Å². The van der Waals surface area contributed by atoms with Crippen LogP contribution < -0.4 is 10.6 Å². The summed E-state index contributed by atoms with van der Waals surface area (Å²) in [5, 5.41) is 6.33. The van der Waals surface area contributed by atoms with Crippen LogP contribution in [-0.4, -0.2) is 53.0 Å². The van der Waals surface area contributed by atoms with Crippen LogP contribution in [0.15, 0.2) is 36.4 Å². The van der Waals surface area contributed by atoms with Gasteiger partial charge in [-0.2, -0.15) is 0 Å². The van der Waals surface area contributed by atoms with Gasteiger partial charge >= 0.3 is 0 Å². The molecule has 7 heteroatoms. The Morgan fingerprint density at radius 2 is 1.82 bits per heavy atom. The van der Waals surface area contributed by atoms with Gasteiger partial charge in [0.05, 0.1) is 17.9 Å². The lowest BCUT2D eigenvalue weighted by molar-refractivity contribution is -0.141. The van der Waals surface area contributed by atoms with E-state index in [0.717, 1.165) is 44.9 Å². The van der Waals surface area contributed by atoms with Crippen LogP contribution in [0.3, 0.4) is 0 Å². The standard InChI is InChI=1S/C32H45N3O4/c1-5-6-7-10-19-35-28(30(37)34-24-12-9-8-11-21(24)4)32-18-17-25(39-32)26(27(32)31(35)38)29(36)33-23-15-13-22(14-16-23)20(2)3/h13-18,20-21,24-28H,5-12,19H2,1-4H3,(H,33,36)(H,34,37)/t21-,24+,25+,26+,27+,28-,32-/m0/s1. The Kier molecular flexibility index (Phi) is 8.18. The molecule has 7 nitrogen and oxygen atoms in total. The van der Waals surface area contributed by atoms with Crippen molar-refractivity contribution in [2.45, 2.75) is 109 Å². The molecule has 1 spiro atoms. The number of rotatable bonds is 10. The Bertz CT molecular complexity index is 1100. The van der Waals surface area contributed by atoms with E-state index in [2.05, 4.69) is 38.3 Å². The SMILES string of the molecule is CCCCCCN1C(=O)[C@H]2[C@H](C(=O)Nc3ccc(C(C)C)cc3)[C@H]3C=C[C@@]2(O3)[C@@H]1C(=O)N[C@@H]1CCCC[C@@H]1C. The van der Waals surface area contributed by atoms with E-state index in [0.29, 0.717) is 24.1 Å². The third-order valence-electron chi connectivity index (χ3n) is 9.46. The third kappa shape index (κ3) is 5.15. The Labute approximate surface area is 233 Å². The lowest BCUT2D eigenvalue weighted by Gasteiger charge is -2.36. The van der Waals surface area contributed by atoms with Crippen molar-refractivity contribution in [2.24, 2.45) is 17.8 Å². The van der Waals surface area contributed by atoms with Crippen molar-refractivity contribution in [3.05, 3.63) is 42.0 Å². The van der Waals surface area contributed by atoms with Crippen molar-refractivity contribution in [3.8, 4) is 0 Å². The topological polar surface area (TPSA) is 87.7 Å². The summed E-state index contributed by atoms with van der Waals surface area (Å²) in [5.74, 6) is -1.07. The highest BCUT2D eigenvalue weighted by Gasteiger charge is 2.72. The number of likely N-dealkylation sites (tertiary alicyclic amines) is 1. The average molecular weight is 536 g/mol. The lowest BCUT2D eigenvalue weighted by Crippen LogP contribution is -2.57. The van der Waals surface area contributed by atoms with E-state index < -0.39 is 29.6 Å². The quantitative estimate of drug-likeness (QED) is 0.319. The van der Waals surface area contributed by atoms with Gasteiger partial charge in [0.15, 0.2) is 0 Å². The molecule has 212 valence electrons. The molecule has 4 aliphatic rings. The second kappa shape index (κ2) is 11.4. The summed E-state index contributed by atoms with van der Waals surface area (Å²) < 4.78 is 6.49. The molecule has 0 radical (unpaired) electrons. The van der Waals surface area contributed by atoms with Gasteiger partial charge in [-0.1, -0.05) is 84.1 Å². The molecule has 39 heavy (non-hydrogen) atoms. The zero-order valence-corrected chi connectivity index (χ0v) is 23.9. The van der Waals surface area contributed by atoms with Crippen LogP contribution >= 0.6 is 0 Å². The van der Waals surface area contributed by atoms with Crippen molar-refractivity contribution < 1.29 is 19.1 Å². The second-order valence-electron chi connectivity index (χ2n) is 12.4. The first kappa shape index (κ1) is 27.9. The van der Waals surface area contributed by atoms with E-state index in [9.17, 15) is 14.4 Å². The summed E-state index contributed by atoms with van der Waals surface area (Å²) in [5.41, 5.74) is 0.800. The molecule has 0 unspecified atom stereocenters. The Morgan fingerprint density at radius 3 is 2.51 bits per heavy atom. The van der Waals surface area contributed by atoms with Gasteiger partial charge in [0.1, 0.15) is 11.6 Å². The summed E-state index contributed by atoms with van der Waals surface area (Å²) in [7, 11) is 0. The van der Waals surface area contributed by atoms with Gasteiger partial charge < -0.3 is 20.3 Å². The van der Waals surface area contributed by atoms with Crippen LogP contribution in [0, 0.1) is 17.8 Å². The predicted molar refractivity (Wildman–Crippen MR) is 152 cm³/mol. The maximum Gasteiger partial charge on any atom is 0.246 e. The molecule has 7 atom stereocenters. The number of fused-ring (bicyclic) bond motifs is 1. The molecule has 1 aromatic rings. The number of amides is 3. The van der Waals surface area contributed by atoms with Gasteiger partial charge in [0, 0.05) is 18.3 Å². The highest BCUT2D eigenvalue weighted by Crippen LogP contribution is 2.55. The first-order chi connectivity index (χ1) is 18.8. The number of anilines is 1. The monoisotopic (exact) mass is 535 g/mol. The van der Waals surface area contributed by atoms with Crippen LogP contribution in [0.4, 0.5) is 5.69 Å². The maximum atomic E-state index is 14.0. The number of carbonyl (C=O) groups is 3. The van der Waals surface area contributed by atoms with Crippen molar-refractivity contribution >= 4 is 23.4 Å². The van der Waals surface area contributed by atoms with Gasteiger partial charge in [-0.15, -0.1) is 0 Å². The van der Waals surface area contributed by atoms with Gasteiger partial charge in [-0.25, -0.2) is 0 Å². The Balaban J connectivity index is 1.39. The highest BCUT2D eigenvalue weighted by molar-refractivity contribution is 6.02. The fourth-order valence-corrected chi connectivity index (χ4v) is 7.19. The first-order valence-corrected chi connectivity index (χ1v) is 15.2. The molecule has 2 N–H and O–H groups in total. The Morgan fingerprint density at radius 1 is 1.08 bits per heavy atom. The molecule has 0 aromatic heterocycles. The van der Waals surface area contributed by atoms with Crippen LogP contribution in [0.2, 0.25) is 0 Å². The number of carbonyl (C=O) groups excluding carboxylic acids is 3. The molecular formula is C32H45N3O4. The number of nitrogens with one attached hydrogen (secondary N) is 2. The van der Waals surface area contributed by atoms with Crippen LogP contribution in [-0.2, 0) is 19.1 Å². The van der Waals surface area contributed by atoms with Crippen LogP contribution in [0.5, 0.6) is 0 Å². The lowest BCUT2D eigenvalue weighted by atomic mass is 9.74. The van der Waals surface area contributed by atoms with Crippen molar-refractivity contribution in [1.29, 1.82) is 0 Å². The molecule has 3 fully saturated rings. The normalized spacial score (nSPS) is 33.1. The van der Waals surface area contributed by atoms with E-state index in [1.807, 2.05) is 36.4 Å². The molecule has 1 saturated carbocycles. The van der Waals surface area contributed by atoms with Crippen molar-refractivity contribution in [2.75, 3.05) is 11.9 Å². The number of unbranched alkanes of at least 4 members (excludes halogenated alkanes) is 3. The number of hydrogen-bond acceptors (Lipinski definition) is 4. The summed E-state index contributed by atoms with van der Waals surface area (Å²) in [6.45, 7) is 9.12. The maximum absolute atomic E-state index is 14.0. The molecule has 2 saturated heterocycles. The molecule has 1 aliphatic carbocycles. The molecule has 3 heterocycles. The summed E-state index contributed by atoms with van der Waals surface area (Å²) in [6.07, 6.45) is 11.6. The predicted octanol–water partition coefficient (Wildman–Crippen LogP) is 5.17. The van der Waals surface area contributed by atoms with Crippen LogP contribution in [0.1, 0.15) is 90.5 Å². The zero-order valence-electron chi connectivity index (χ0n) is 23.9. The summed E-state index contributed by atoms with van der Waals surface area (Å²) >= 11 is 0. The van der Waals surface area contributed by atoms with Crippen LogP contribution in [0.25, 0.3) is 0 Å².